The van der Waals surface area contributed by atoms with Crippen LogP contribution in [0.25, 0.3) is 0 Å². The standard InChI is InChI=1S/C24H22N2O3/c1-13-7-10-17(11-14(13)2)25-22(27)18-5-3-4-6-19(18)26-23(28)20-15-8-9-16(12-15)21(20)24(26)29/h3-11,15-16,20-21H,12H2,1-2H3,(H,25,27)/t15-,16-,20-,21+/m0/s1. The molecule has 1 N–H and O–H groups in total. The van der Waals surface area contributed by atoms with Crippen LogP contribution in [-0.4, -0.2) is 17.7 Å². The summed E-state index contributed by atoms with van der Waals surface area (Å²) in [4.78, 5) is 40.5. The minimum atomic E-state index is -0.331. The Morgan fingerprint density at radius 3 is 2.24 bits per heavy atom. The van der Waals surface area contributed by atoms with Gasteiger partial charge < -0.3 is 5.32 Å². The SMILES string of the molecule is Cc1ccc(NC(=O)c2ccccc2N2C(=O)[C@@H]3[C@H](C2=O)[C@H]2C=C[C@H]3C2)cc1C. The summed E-state index contributed by atoms with van der Waals surface area (Å²) in [6.45, 7) is 4.00. The number of carbonyl (C=O) groups excluding carboxylic acids is 3. The zero-order valence-corrected chi connectivity index (χ0v) is 16.4. The van der Waals surface area contributed by atoms with Gasteiger partial charge >= 0.3 is 0 Å². The zero-order chi connectivity index (χ0) is 20.3. The first kappa shape index (κ1) is 17.9. The normalized spacial score (nSPS) is 26.9. The maximum absolute atomic E-state index is 13.1. The highest BCUT2D eigenvalue weighted by Gasteiger charge is 2.59. The number of fused-ring (bicyclic) bond motifs is 5. The predicted octanol–water partition coefficient (Wildman–Crippen LogP) is 3.87. The maximum atomic E-state index is 13.1. The Morgan fingerprint density at radius 1 is 0.931 bits per heavy atom. The number of aryl methyl sites for hydroxylation is 2. The highest BCUT2D eigenvalue weighted by Crippen LogP contribution is 2.53. The Labute approximate surface area is 169 Å². The summed E-state index contributed by atoms with van der Waals surface area (Å²) >= 11 is 0. The molecular formula is C24H22N2O3. The van der Waals surface area contributed by atoms with Crippen LogP contribution in [-0.2, 0) is 9.59 Å². The van der Waals surface area contributed by atoms with Gasteiger partial charge in [0.25, 0.3) is 5.91 Å². The van der Waals surface area contributed by atoms with E-state index in [4.69, 9.17) is 0 Å². The molecule has 0 radical (unpaired) electrons. The van der Waals surface area contributed by atoms with Crippen LogP contribution in [0.1, 0.15) is 27.9 Å². The Morgan fingerprint density at radius 2 is 1.59 bits per heavy atom. The number of anilines is 2. The van der Waals surface area contributed by atoms with Crippen LogP contribution in [0.3, 0.4) is 0 Å². The van der Waals surface area contributed by atoms with E-state index in [0.29, 0.717) is 16.9 Å². The molecule has 2 aromatic carbocycles. The van der Waals surface area contributed by atoms with Crippen LogP contribution in [0.4, 0.5) is 11.4 Å². The number of nitrogens with zero attached hydrogens (tertiary/aromatic N) is 1. The number of imide groups is 1. The van der Waals surface area contributed by atoms with Gasteiger partial charge in [-0.25, -0.2) is 4.90 Å². The Hall–Kier alpha value is -3.21. The molecule has 5 rings (SSSR count). The number of carbonyl (C=O) groups is 3. The first-order valence-electron chi connectivity index (χ1n) is 9.99. The fourth-order valence-electron chi connectivity index (χ4n) is 5.02. The van der Waals surface area contributed by atoms with Crippen molar-refractivity contribution in [3.8, 4) is 0 Å². The summed E-state index contributed by atoms with van der Waals surface area (Å²) in [6.07, 6.45) is 5.02. The molecule has 2 aliphatic carbocycles. The molecule has 2 fully saturated rings. The second-order valence-corrected chi connectivity index (χ2v) is 8.28. The van der Waals surface area contributed by atoms with E-state index in [2.05, 4.69) is 17.5 Å². The molecule has 5 nitrogen and oxygen atoms in total. The van der Waals surface area contributed by atoms with E-state index in [1.807, 2.05) is 32.0 Å². The van der Waals surface area contributed by atoms with Gasteiger partial charge in [-0.3, -0.25) is 14.4 Å². The van der Waals surface area contributed by atoms with E-state index in [1.165, 1.54) is 4.90 Å². The summed E-state index contributed by atoms with van der Waals surface area (Å²) < 4.78 is 0. The molecule has 0 aromatic heterocycles. The number of hydrogen-bond acceptors (Lipinski definition) is 3. The summed E-state index contributed by atoms with van der Waals surface area (Å²) in [5, 5.41) is 2.90. The van der Waals surface area contributed by atoms with Crippen molar-refractivity contribution in [1.29, 1.82) is 0 Å². The maximum Gasteiger partial charge on any atom is 0.257 e. The second kappa shape index (κ2) is 6.41. The summed E-state index contributed by atoms with van der Waals surface area (Å²) in [7, 11) is 0. The molecule has 1 aliphatic heterocycles. The number of nitrogens with one attached hydrogen (secondary N) is 1. The average molecular weight is 386 g/mol. The Balaban J connectivity index is 1.47. The third-order valence-electron chi connectivity index (χ3n) is 6.62. The van der Waals surface area contributed by atoms with Crippen molar-refractivity contribution in [1.82, 2.24) is 0 Å². The van der Waals surface area contributed by atoms with Crippen LogP contribution in [0, 0.1) is 37.5 Å². The lowest BCUT2D eigenvalue weighted by molar-refractivity contribution is -0.123. The molecule has 1 heterocycles. The van der Waals surface area contributed by atoms with E-state index >= 15 is 0 Å². The highest BCUT2D eigenvalue weighted by atomic mass is 16.2. The van der Waals surface area contributed by atoms with E-state index in [0.717, 1.165) is 17.5 Å². The quantitative estimate of drug-likeness (QED) is 0.643. The lowest BCUT2D eigenvalue weighted by Gasteiger charge is -2.20. The van der Waals surface area contributed by atoms with E-state index in [1.54, 1.807) is 24.3 Å². The van der Waals surface area contributed by atoms with E-state index in [9.17, 15) is 14.4 Å². The lowest BCUT2D eigenvalue weighted by Crippen LogP contribution is -2.34. The van der Waals surface area contributed by atoms with Crippen LogP contribution in [0.15, 0.2) is 54.6 Å². The highest BCUT2D eigenvalue weighted by molar-refractivity contribution is 6.25. The Kier molecular flexibility index (Phi) is 3.95. The molecule has 3 amide bonds. The summed E-state index contributed by atoms with van der Waals surface area (Å²) in [5.74, 6) is -0.971. The van der Waals surface area contributed by atoms with Crippen molar-refractivity contribution < 1.29 is 14.4 Å². The number of rotatable bonds is 3. The number of amides is 3. The third-order valence-corrected chi connectivity index (χ3v) is 6.62. The van der Waals surface area contributed by atoms with Crippen molar-refractivity contribution in [2.75, 3.05) is 10.2 Å². The molecule has 1 saturated heterocycles. The van der Waals surface area contributed by atoms with Crippen molar-refractivity contribution in [2.45, 2.75) is 20.3 Å². The van der Waals surface area contributed by atoms with Crippen molar-refractivity contribution in [3.63, 3.8) is 0 Å². The average Bonchev–Trinajstić information content (AvgIpc) is 3.39. The van der Waals surface area contributed by atoms with Gasteiger partial charge in [-0.15, -0.1) is 0 Å². The van der Waals surface area contributed by atoms with Gasteiger partial charge in [0.05, 0.1) is 23.1 Å². The van der Waals surface area contributed by atoms with Crippen molar-refractivity contribution >= 4 is 29.1 Å². The molecule has 146 valence electrons. The molecule has 2 bridgehead atoms. The summed E-state index contributed by atoms with van der Waals surface area (Å²) in [6, 6.07) is 12.6. The summed E-state index contributed by atoms with van der Waals surface area (Å²) in [5.41, 5.74) is 3.61. The van der Waals surface area contributed by atoms with E-state index < -0.39 is 0 Å². The number of hydrogen-bond donors (Lipinski definition) is 1. The molecule has 4 atom stereocenters. The smallest absolute Gasteiger partial charge is 0.257 e. The number of para-hydroxylation sites is 1. The van der Waals surface area contributed by atoms with E-state index in [-0.39, 0.29) is 41.4 Å². The topological polar surface area (TPSA) is 66.5 Å². The molecule has 0 spiro atoms. The molecule has 0 unspecified atom stereocenters. The molecule has 1 saturated carbocycles. The van der Waals surface area contributed by atoms with Gasteiger partial charge in [-0.1, -0.05) is 30.4 Å². The van der Waals surface area contributed by atoms with Gasteiger partial charge in [-0.05, 0) is 67.5 Å². The second-order valence-electron chi connectivity index (χ2n) is 8.28. The van der Waals surface area contributed by atoms with Crippen LogP contribution in [0.2, 0.25) is 0 Å². The minimum absolute atomic E-state index is 0.142. The van der Waals surface area contributed by atoms with Crippen LogP contribution < -0.4 is 10.2 Å². The molecule has 5 heteroatoms. The molecule has 29 heavy (non-hydrogen) atoms. The van der Waals surface area contributed by atoms with Crippen LogP contribution >= 0.6 is 0 Å². The first-order chi connectivity index (χ1) is 14.0. The van der Waals surface area contributed by atoms with Gasteiger partial charge in [0, 0.05) is 5.69 Å². The number of benzene rings is 2. The Bertz CT molecular complexity index is 1060. The van der Waals surface area contributed by atoms with Crippen molar-refractivity contribution in [2.24, 2.45) is 23.7 Å². The zero-order valence-electron chi connectivity index (χ0n) is 16.4. The predicted molar refractivity (Wildman–Crippen MR) is 111 cm³/mol. The molecule has 3 aliphatic rings. The molecule has 2 aromatic rings. The largest absolute Gasteiger partial charge is 0.322 e. The monoisotopic (exact) mass is 386 g/mol. The first-order valence-corrected chi connectivity index (χ1v) is 9.99. The van der Waals surface area contributed by atoms with Gasteiger partial charge in [-0.2, -0.15) is 0 Å². The van der Waals surface area contributed by atoms with Crippen LogP contribution in [0.5, 0.6) is 0 Å². The number of allylic oxidation sites excluding steroid dienone is 2. The van der Waals surface area contributed by atoms with Gasteiger partial charge in [0.2, 0.25) is 11.8 Å². The fraction of sp³-hybridized carbons (Fsp3) is 0.292. The lowest BCUT2D eigenvalue weighted by atomic mass is 9.85. The van der Waals surface area contributed by atoms with Crippen molar-refractivity contribution in [3.05, 3.63) is 71.3 Å². The third kappa shape index (κ3) is 2.64. The minimum Gasteiger partial charge on any atom is -0.322 e. The molecular weight excluding hydrogens is 364 g/mol. The van der Waals surface area contributed by atoms with Gasteiger partial charge in [0.1, 0.15) is 0 Å². The fourth-order valence-corrected chi connectivity index (χ4v) is 5.02. The van der Waals surface area contributed by atoms with Gasteiger partial charge in [0.15, 0.2) is 0 Å².